The number of hydrogen-bond acceptors (Lipinski definition) is 4. The van der Waals surface area contributed by atoms with Crippen molar-refractivity contribution < 1.29 is 14.4 Å². The van der Waals surface area contributed by atoms with Crippen molar-refractivity contribution in [2.75, 3.05) is 40.3 Å². The molecule has 204 valence electrons. The quantitative estimate of drug-likeness (QED) is 0.569. The summed E-state index contributed by atoms with van der Waals surface area (Å²) in [6.07, 6.45) is 1.99. The Labute approximate surface area is 235 Å². The number of amides is 3. The number of likely N-dealkylation sites (tertiary alicyclic amines) is 2. The van der Waals surface area contributed by atoms with Crippen LogP contribution < -0.4 is 5.32 Å². The molecule has 2 aliphatic rings. The van der Waals surface area contributed by atoms with Crippen molar-refractivity contribution in [3.63, 3.8) is 0 Å². The fourth-order valence-corrected chi connectivity index (χ4v) is 5.79. The molecule has 7 nitrogen and oxygen atoms in total. The molecule has 3 amide bonds. The number of piperidine rings is 2. The molecule has 2 aromatic carbocycles. The molecule has 0 spiro atoms. The molecule has 9 heteroatoms. The minimum Gasteiger partial charge on any atom is -0.349 e. The fraction of sp³-hybridized carbons (Fsp3) is 0.483. The first-order chi connectivity index (χ1) is 18.1. The summed E-state index contributed by atoms with van der Waals surface area (Å²) in [5.41, 5.74) is 2.69. The van der Waals surface area contributed by atoms with Crippen LogP contribution in [0, 0.1) is 5.92 Å². The molecule has 2 heterocycles. The summed E-state index contributed by atoms with van der Waals surface area (Å²) in [5.74, 6) is -0.171. The first-order valence-electron chi connectivity index (χ1n) is 13.2. The van der Waals surface area contributed by atoms with Crippen LogP contribution in [0.4, 0.5) is 0 Å². The van der Waals surface area contributed by atoms with Gasteiger partial charge in [0.25, 0.3) is 5.91 Å². The summed E-state index contributed by atoms with van der Waals surface area (Å²) in [4.78, 5) is 44.2. The number of hydrogen-bond donors (Lipinski definition) is 1. The average molecular weight is 560 g/mol. The van der Waals surface area contributed by atoms with Gasteiger partial charge in [-0.15, -0.1) is 0 Å². The van der Waals surface area contributed by atoms with Gasteiger partial charge in [-0.3, -0.25) is 14.4 Å². The van der Waals surface area contributed by atoms with Gasteiger partial charge >= 0.3 is 0 Å². The second-order valence-corrected chi connectivity index (χ2v) is 11.5. The Morgan fingerprint density at radius 2 is 1.58 bits per heavy atom. The van der Waals surface area contributed by atoms with Gasteiger partial charge in [-0.25, -0.2) is 0 Å². The van der Waals surface area contributed by atoms with E-state index in [1.807, 2.05) is 55.4 Å². The zero-order valence-corrected chi connectivity index (χ0v) is 23.8. The van der Waals surface area contributed by atoms with Gasteiger partial charge in [0, 0.05) is 63.1 Å². The van der Waals surface area contributed by atoms with E-state index in [1.165, 1.54) is 0 Å². The molecule has 1 N–H and O–H groups in total. The number of carbonyl (C=O) groups excluding carboxylic acids is 3. The van der Waals surface area contributed by atoms with Crippen molar-refractivity contribution in [2.24, 2.45) is 5.92 Å². The molecule has 0 aromatic heterocycles. The highest BCUT2D eigenvalue weighted by atomic mass is 35.5. The van der Waals surface area contributed by atoms with Crippen LogP contribution in [0.5, 0.6) is 0 Å². The summed E-state index contributed by atoms with van der Waals surface area (Å²) in [5, 5.41) is 4.14. The van der Waals surface area contributed by atoms with Gasteiger partial charge in [0.1, 0.15) is 0 Å². The molecule has 2 fully saturated rings. The lowest BCUT2D eigenvalue weighted by atomic mass is 9.84. The highest BCUT2D eigenvalue weighted by molar-refractivity contribution is 6.42. The van der Waals surface area contributed by atoms with Crippen LogP contribution in [-0.2, 0) is 16.1 Å². The van der Waals surface area contributed by atoms with Crippen molar-refractivity contribution in [3.8, 4) is 0 Å². The second kappa shape index (κ2) is 12.5. The summed E-state index contributed by atoms with van der Waals surface area (Å²) in [6, 6.07) is 13.0. The highest BCUT2D eigenvalue weighted by Gasteiger charge is 2.37. The zero-order valence-electron chi connectivity index (χ0n) is 22.3. The maximum Gasteiger partial charge on any atom is 0.251 e. The van der Waals surface area contributed by atoms with Crippen molar-refractivity contribution in [3.05, 3.63) is 69.2 Å². The Kier molecular flexibility index (Phi) is 9.34. The van der Waals surface area contributed by atoms with Crippen molar-refractivity contribution in [2.45, 2.75) is 44.7 Å². The molecule has 2 aromatic rings. The van der Waals surface area contributed by atoms with E-state index in [-0.39, 0.29) is 35.6 Å². The Morgan fingerprint density at radius 1 is 0.921 bits per heavy atom. The van der Waals surface area contributed by atoms with E-state index >= 15 is 0 Å². The van der Waals surface area contributed by atoms with Crippen molar-refractivity contribution in [1.82, 2.24) is 20.0 Å². The smallest absolute Gasteiger partial charge is 0.251 e. The molecule has 38 heavy (non-hydrogen) atoms. The number of rotatable bonds is 6. The molecule has 2 aliphatic heterocycles. The third kappa shape index (κ3) is 6.87. The molecule has 2 unspecified atom stereocenters. The molecule has 0 radical (unpaired) electrons. The monoisotopic (exact) mass is 558 g/mol. The molecular formula is C29H36Cl2N4O3. The molecule has 0 saturated carbocycles. The molecule has 0 bridgehead atoms. The minimum atomic E-state index is -0.162. The predicted octanol–water partition coefficient (Wildman–Crippen LogP) is 4.43. The van der Waals surface area contributed by atoms with E-state index in [9.17, 15) is 14.4 Å². The van der Waals surface area contributed by atoms with Gasteiger partial charge in [0.05, 0.1) is 10.0 Å². The Bertz CT molecular complexity index is 1160. The number of halogens is 2. The third-order valence-electron chi connectivity index (χ3n) is 7.62. The molecule has 0 aliphatic carbocycles. The van der Waals surface area contributed by atoms with E-state index < -0.39 is 0 Å². The van der Waals surface area contributed by atoms with E-state index in [4.69, 9.17) is 23.2 Å². The van der Waals surface area contributed by atoms with Gasteiger partial charge in [-0.05, 0) is 68.8 Å². The van der Waals surface area contributed by atoms with Crippen molar-refractivity contribution >= 4 is 40.9 Å². The molecule has 2 saturated heterocycles. The van der Waals surface area contributed by atoms with Crippen LogP contribution in [0.15, 0.2) is 42.5 Å². The first kappa shape index (κ1) is 28.4. The summed E-state index contributed by atoms with van der Waals surface area (Å²) < 4.78 is 0. The van der Waals surface area contributed by atoms with Gasteiger partial charge in [-0.1, -0.05) is 41.4 Å². The number of carbonyl (C=O) groups is 3. The SMILES string of the molecule is CC(=O)N1CCC(C(=O)N2CCC(NC(=O)c3ccc(CN(C)C)cc3)C(c3ccc(Cl)c(Cl)c3)C2)CC1. The summed E-state index contributed by atoms with van der Waals surface area (Å²) in [7, 11) is 4.02. The van der Waals surface area contributed by atoms with E-state index in [2.05, 4.69) is 10.2 Å². The van der Waals surface area contributed by atoms with Gasteiger partial charge in [0.2, 0.25) is 11.8 Å². The van der Waals surface area contributed by atoms with Crippen LogP contribution in [0.3, 0.4) is 0 Å². The van der Waals surface area contributed by atoms with Crippen LogP contribution in [0.1, 0.15) is 53.6 Å². The molecular weight excluding hydrogens is 523 g/mol. The number of nitrogens with one attached hydrogen (secondary N) is 1. The lowest BCUT2D eigenvalue weighted by molar-refractivity contribution is -0.141. The fourth-order valence-electron chi connectivity index (χ4n) is 5.48. The Balaban J connectivity index is 1.48. The normalized spacial score (nSPS) is 20.5. The van der Waals surface area contributed by atoms with Gasteiger partial charge < -0.3 is 20.0 Å². The largest absolute Gasteiger partial charge is 0.349 e. The lowest BCUT2D eigenvalue weighted by Gasteiger charge is -2.41. The predicted molar refractivity (Wildman–Crippen MR) is 150 cm³/mol. The molecule has 4 rings (SSSR count). The van der Waals surface area contributed by atoms with Crippen LogP contribution >= 0.6 is 23.2 Å². The standard InChI is InChI=1S/C29H36Cl2N4O3/c1-19(36)34-13-10-22(11-14-34)29(38)35-15-12-27(24(18-35)23-8-9-25(30)26(31)16-23)32-28(37)21-6-4-20(5-7-21)17-33(2)3/h4-9,16,22,24,27H,10-15,17-18H2,1-3H3,(H,32,37). The first-order valence-corrected chi connectivity index (χ1v) is 13.9. The zero-order chi connectivity index (χ0) is 27.4. The highest BCUT2D eigenvalue weighted by Crippen LogP contribution is 2.33. The number of benzene rings is 2. The third-order valence-corrected chi connectivity index (χ3v) is 8.36. The van der Waals surface area contributed by atoms with Gasteiger partial charge in [-0.2, -0.15) is 0 Å². The van der Waals surface area contributed by atoms with Crippen LogP contribution in [0.2, 0.25) is 10.0 Å². The van der Waals surface area contributed by atoms with Crippen molar-refractivity contribution in [1.29, 1.82) is 0 Å². The number of nitrogens with zero attached hydrogens (tertiary/aromatic N) is 3. The maximum absolute atomic E-state index is 13.5. The summed E-state index contributed by atoms with van der Waals surface area (Å²) in [6.45, 7) is 4.65. The Morgan fingerprint density at radius 3 is 2.18 bits per heavy atom. The topological polar surface area (TPSA) is 73.0 Å². The van der Waals surface area contributed by atoms with E-state index in [1.54, 1.807) is 17.9 Å². The lowest BCUT2D eigenvalue weighted by Crippen LogP contribution is -2.53. The second-order valence-electron chi connectivity index (χ2n) is 10.6. The van der Waals surface area contributed by atoms with E-state index in [0.29, 0.717) is 61.1 Å². The maximum atomic E-state index is 13.5. The van der Waals surface area contributed by atoms with Gasteiger partial charge in [0.15, 0.2) is 0 Å². The van der Waals surface area contributed by atoms with Crippen LogP contribution in [-0.4, -0.2) is 78.7 Å². The van der Waals surface area contributed by atoms with Crippen LogP contribution in [0.25, 0.3) is 0 Å². The summed E-state index contributed by atoms with van der Waals surface area (Å²) >= 11 is 12.5. The average Bonchev–Trinajstić information content (AvgIpc) is 2.90. The Hall–Kier alpha value is -2.61. The van der Waals surface area contributed by atoms with E-state index in [0.717, 1.165) is 17.7 Å². The molecule has 2 atom stereocenters. The minimum absolute atomic E-state index is 0.0551.